The predicted octanol–water partition coefficient (Wildman–Crippen LogP) is 4.67. The molecule has 2 unspecified atom stereocenters. The molecule has 8 heteroatoms. The molecule has 0 radical (unpaired) electrons. The Labute approximate surface area is 183 Å². The summed E-state index contributed by atoms with van der Waals surface area (Å²) in [4.78, 5) is 25.9. The summed E-state index contributed by atoms with van der Waals surface area (Å²) in [6.07, 6.45) is 5.76. The van der Waals surface area contributed by atoms with Gasteiger partial charge in [0.1, 0.15) is 5.82 Å². The van der Waals surface area contributed by atoms with Crippen molar-refractivity contribution in [2.75, 3.05) is 10.6 Å². The summed E-state index contributed by atoms with van der Waals surface area (Å²) in [5.41, 5.74) is 6.86. The van der Waals surface area contributed by atoms with Crippen molar-refractivity contribution in [3.63, 3.8) is 0 Å². The van der Waals surface area contributed by atoms with Crippen LogP contribution in [0.4, 0.5) is 23.1 Å². The fourth-order valence-corrected chi connectivity index (χ4v) is 5.16. The van der Waals surface area contributed by atoms with Crippen LogP contribution >= 0.6 is 0 Å². The quantitative estimate of drug-likeness (QED) is 0.426. The average Bonchev–Trinajstić information content (AvgIpc) is 3.27. The van der Waals surface area contributed by atoms with Gasteiger partial charge in [0.05, 0.1) is 5.52 Å². The number of benzene rings is 2. The summed E-state index contributed by atoms with van der Waals surface area (Å²) in [6, 6.07) is 14.1. The Hall–Kier alpha value is -3.65. The SMILES string of the molecule is Cc1cnc(Nc2ccc3c(c2)C2CC3N2C2CC2)nc1Nc1ccc2oc(=O)[nH]c2c1. The maximum Gasteiger partial charge on any atom is 0.417 e. The van der Waals surface area contributed by atoms with Gasteiger partial charge in [-0.1, -0.05) is 6.07 Å². The normalized spacial score (nSPS) is 21.4. The molecule has 1 saturated heterocycles. The monoisotopic (exact) mass is 426 g/mol. The minimum absolute atomic E-state index is 0.464. The molecule has 32 heavy (non-hydrogen) atoms. The van der Waals surface area contributed by atoms with Crippen LogP contribution in [-0.4, -0.2) is 25.9 Å². The first kappa shape index (κ1) is 18.0. The lowest BCUT2D eigenvalue weighted by atomic mass is 10.00. The van der Waals surface area contributed by atoms with E-state index in [4.69, 9.17) is 4.42 Å². The van der Waals surface area contributed by atoms with E-state index in [9.17, 15) is 4.79 Å². The molecule has 2 aromatic carbocycles. The fourth-order valence-electron chi connectivity index (χ4n) is 5.16. The highest BCUT2D eigenvalue weighted by Gasteiger charge is 2.53. The number of rotatable bonds is 5. The molecular formula is C24H22N6O2. The summed E-state index contributed by atoms with van der Waals surface area (Å²) < 4.78 is 5.07. The van der Waals surface area contributed by atoms with Crippen LogP contribution in [0.15, 0.2) is 51.8 Å². The van der Waals surface area contributed by atoms with Crippen LogP contribution in [0.1, 0.15) is 48.0 Å². The van der Waals surface area contributed by atoms with Crippen LogP contribution in [0.5, 0.6) is 0 Å². The van der Waals surface area contributed by atoms with Gasteiger partial charge in [0.2, 0.25) is 5.95 Å². The number of aromatic amines is 1. The molecule has 0 amide bonds. The molecule has 2 atom stereocenters. The Kier molecular flexibility index (Phi) is 3.61. The highest BCUT2D eigenvalue weighted by Crippen LogP contribution is 2.61. The Bertz CT molecular complexity index is 1440. The molecule has 3 aliphatic rings. The molecule has 2 aliphatic heterocycles. The Morgan fingerprint density at radius 2 is 1.88 bits per heavy atom. The number of aryl methyl sites for hydroxylation is 1. The number of aromatic nitrogens is 3. The maximum atomic E-state index is 11.4. The van der Waals surface area contributed by atoms with Crippen LogP contribution in [0.3, 0.4) is 0 Å². The molecule has 4 heterocycles. The summed E-state index contributed by atoms with van der Waals surface area (Å²) in [5, 5.41) is 6.69. The molecule has 7 rings (SSSR count). The molecule has 1 aliphatic carbocycles. The number of H-pyrrole nitrogens is 1. The summed E-state index contributed by atoms with van der Waals surface area (Å²) in [5.74, 6) is 0.783. The third kappa shape index (κ3) is 2.76. The molecule has 8 nitrogen and oxygen atoms in total. The molecule has 160 valence electrons. The van der Waals surface area contributed by atoms with Crippen LogP contribution in [0.2, 0.25) is 0 Å². The van der Waals surface area contributed by atoms with Gasteiger partial charge < -0.3 is 15.1 Å². The largest absolute Gasteiger partial charge is 0.417 e. The third-order valence-electron chi connectivity index (χ3n) is 6.85. The smallest absolute Gasteiger partial charge is 0.408 e. The fraction of sp³-hybridized carbons (Fsp3) is 0.292. The van der Waals surface area contributed by atoms with Crippen molar-refractivity contribution in [3.8, 4) is 0 Å². The predicted molar refractivity (Wildman–Crippen MR) is 122 cm³/mol. The molecule has 2 bridgehead atoms. The summed E-state index contributed by atoms with van der Waals surface area (Å²) >= 11 is 0. The van der Waals surface area contributed by atoms with Crippen molar-refractivity contribution < 1.29 is 4.42 Å². The molecule has 1 saturated carbocycles. The van der Waals surface area contributed by atoms with Gasteiger partial charge in [-0.15, -0.1) is 0 Å². The zero-order chi connectivity index (χ0) is 21.4. The van der Waals surface area contributed by atoms with Crippen molar-refractivity contribution in [1.29, 1.82) is 0 Å². The molecule has 2 aromatic heterocycles. The van der Waals surface area contributed by atoms with E-state index >= 15 is 0 Å². The average molecular weight is 426 g/mol. The van der Waals surface area contributed by atoms with Gasteiger partial charge in [0, 0.05) is 41.3 Å². The van der Waals surface area contributed by atoms with Crippen molar-refractivity contribution in [2.45, 2.75) is 44.3 Å². The van der Waals surface area contributed by atoms with E-state index in [-0.39, 0.29) is 0 Å². The Balaban J connectivity index is 1.14. The lowest BCUT2D eigenvalue weighted by Gasteiger charge is -2.41. The van der Waals surface area contributed by atoms with E-state index in [1.54, 1.807) is 12.3 Å². The number of hydrogen-bond donors (Lipinski definition) is 3. The number of hydrogen-bond acceptors (Lipinski definition) is 7. The summed E-state index contributed by atoms with van der Waals surface area (Å²) in [6.45, 7) is 1.96. The van der Waals surface area contributed by atoms with Crippen molar-refractivity contribution >= 4 is 34.2 Å². The first-order valence-electron chi connectivity index (χ1n) is 11.0. The lowest BCUT2D eigenvalue weighted by molar-refractivity contribution is 0.0328. The molecular weight excluding hydrogens is 404 g/mol. The van der Waals surface area contributed by atoms with Gasteiger partial charge in [-0.3, -0.25) is 9.88 Å². The second-order valence-electron chi connectivity index (χ2n) is 8.99. The number of fused-ring (bicyclic) bond motifs is 6. The van der Waals surface area contributed by atoms with Crippen LogP contribution in [0.25, 0.3) is 11.1 Å². The van der Waals surface area contributed by atoms with E-state index in [0.717, 1.165) is 23.0 Å². The van der Waals surface area contributed by atoms with E-state index < -0.39 is 5.76 Å². The van der Waals surface area contributed by atoms with Gasteiger partial charge in [0.25, 0.3) is 0 Å². The highest BCUT2D eigenvalue weighted by atomic mass is 16.4. The zero-order valence-corrected chi connectivity index (χ0v) is 17.6. The number of nitrogens with one attached hydrogen (secondary N) is 3. The molecule has 3 N–H and O–H groups in total. The van der Waals surface area contributed by atoms with Crippen molar-refractivity contribution in [2.24, 2.45) is 0 Å². The van der Waals surface area contributed by atoms with Gasteiger partial charge in [0.15, 0.2) is 5.58 Å². The minimum atomic E-state index is -0.464. The zero-order valence-electron chi connectivity index (χ0n) is 17.6. The third-order valence-corrected chi connectivity index (χ3v) is 6.85. The van der Waals surface area contributed by atoms with Gasteiger partial charge in [-0.2, -0.15) is 4.98 Å². The first-order chi connectivity index (χ1) is 15.6. The summed E-state index contributed by atoms with van der Waals surface area (Å²) in [7, 11) is 0. The Morgan fingerprint density at radius 3 is 2.75 bits per heavy atom. The van der Waals surface area contributed by atoms with Gasteiger partial charge in [-0.05, 0) is 67.6 Å². The van der Waals surface area contributed by atoms with Gasteiger partial charge in [-0.25, -0.2) is 9.78 Å². The van der Waals surface area contributed by atoms with Crippen molar-refractivity contribution in [3.05, 3.63) is 69.8 Å². The van der Waals surface area contributed by atoms with Crippen LogP contribution < -0.4 is 16.4 Å². The Morgan fingerprint density at radius 1 is 1.06 bits per heavy atom. The van der Waals surface area contributed by atoms with E-state index in [0.29, 0.717) is 34.9 Å². The number of oxazole rings is 1. The second kappa shape index (κ2) is 6.43. The van der Waals surface area contributed by atoms with Crippen molar-refractivity contribution in [1.82, 2.24) is 19.9 Å². The maximum absolute atomic E-state index is 11.4. The second-order valence-corrected chi connectivity index (χ2v) is 8.99. The molecule has 0 spiro atoms. The van der Waals surface area contributed by atoms with Crippen LogP contribution in [0, 0.1) is 6.92 Å². The standard InChI is InChI=1S/C24H22N6O2/c1-12-11-25-23(29-22(12)26-14-3-7-21-18(9-14)28-24(31)32-21)27-13-2-6-16-17(8-13)20-10-19(16)30(20)15-4-5-15/h2-3,6-9,11,15,19-20H,4-5,10H2,1H3,(H,28,31)(H2,25,26,27,29). The van der Waals surface area contributed by atoms with Crippen LogP contribution in [-0.2, 0) is 0 Å². The lowest BCUT2D eigenvalue weighted by Crippen LogP contribution is -2.38. The molecule has 4 aromatic rings. The van der Waals surface area contributed by atoms with E-state index in [1.165, 1.54) is 30.4 Å². The topological polar surface area (TPSA) is 99.1 Å². The number of nitrogens with zero attached hydrogens (tertiary/aromatic N) is 3. The highest BCUT2D eigenvalue weighted by molar-refractivity contribution is 5.78. The van der Waals surface area contributed by atoms with Gasteiger partial charge >= 0.3 is 5.76 Å². The minimum Gasteiger partial charge on any atom is -0.408 e. The van der Waals surface area contributed by atoms with E-state index in [2.05, 4.69) is 48.7 Å². The van der Waals surface area contributed by atoms with E-state index in [1.807, 2.05) is 19.1 Å². The number of anilines is 4. The molecule has 2 fully saturated rings. The first-order valence-corrected chi connectivity index (χ1v) is 11.0.